The zero-order chi connectivity index (χ0) is 25.1. The lowest BCUT2D eigenvalue weighted by molar-refractivity contribution is -0.152. The highest BCUT2D eigenvalue weighted by molar-refractivity contribution is 6.09. The summed E-state index contributed by atoms with van der Waals surface area (Å²) in [5.41, 5.74) is 6.80. The summed E-state index contributed by atoms with van der Waals surface area (Å²) in [6.07, 6.45) is 0. The molecule has 0 radical (unpaired) electrons. The summed E-state index contributed by atoms with van der Waals surface area (Å²) in [6, 6.07) is 21.3. The van der Waals surface area contributed by atoms with Crippen molar-refractivity contribution in [2.24, 2.45) is 11.8 Å². The zero-order valence-electron chi connectivity index (χ0n) is 20.1. The molecule has 1 heterocycles. The molecule has 1 aliphatic heterocycles. The first kappa shape index (κ1) is 22.4. The van der Waals surface area contributed by atoms with Crippen molar-refractivity contribution in [1.82, 2.24) is 4.90 Å². The number of esters is 1. The molecule has 0 unspecified atom stereocenters. The molecule has 1 fully saturated rings. The molecule has 3 aromatic rings. The van der Waals surface area contributed by atoms with Gasteiger partial charge in [0.15, 0.2) is 12.4 Å². The minimum atomic E-state index is -0.769. The number of hydrogen-bond acceptors (Lipinski definition) is 5. The fourth-order valence-corrected chi connectivity index (χ4v) is 6.21. The van der Waals surface area contributed by atoms with Gasteiger partial charge in [-0.25, -0.2) is 0 Å². The van der Waals surface area contributed by atoms with Crippen LogP contribution in [0.1, 0.15) is 55.6 Å². The standard InChI is InChI=1S/C30H25NO5/c1-16-11-12-18(13-17(16)2)23(32)15-36-24(33)14-31-29(34)27-25-19-7-3-4-8-20(19)26(28(27)30(31)35)22-10-6-5-9-21(22)25/h3-13,25-28H,14-15H2,1-2H3/t25?,26?,27-,28-/m0/s1. The van der Waals surface area contributed by atoms with Crippen molar-refractivity contribution in [3.8, 4) is 0 Å². The Labute approximate surface area is 208 Å². The molecule has 7 rings (SSSR count). The molecule has 2 atom stereocenters. The van der Waals surface area contributed by atoms with Crippen LogP contribution >= 0.6 is 0 Å². The van der Waals surface area contributed by atoms with E-state index in [0.29, 0.717) is 5.56 Å². The van der Waals surface area contributed by atoms with Crippen molar-refractivity contribution in [1.29, 1.82) is 0 Å². The maximum Gasteiger partial charge on any atom is 0.326 e. The predicted molar refractivity (Wildman–Crippen MR) is 131 cm³/mol. The zero-order valence-corrected chi connectivity index (χ0v) is 20.1. The fourth-order valence-electron chi connectivity index (χ4n) is 6.21. The Morgan fingerprint density at radius 1 is 0.750 bits per heavy atom. The van der Waals surface area contributed by atoms with E-state index in [-0.39, 0.29) is 29.4 Å². The van der Waals surface area contributed by atoms with Gasteiger partial charge in [0.2, 0.25) is 11.8 Å². The summed E-state index contributed by atoms with van der Waals surface area (Å²) in [4.78, 5) is 53.3. The van der Waals surface area contributed by atoms with Crippen LogP contribution < -0.4 is 0 Å². The predicted octanol–water partition coefficient (Wildman–Crippen LogP) is 3.92. The molecule has 0 N–H and O–H groups in total. The molecule has 3 aliphatic carbocycles. The molecule has 6 nitrogen and oxygen atoms in total. The fraction of sp³-hybridized carbons (Fsp3) is 0.267. The molecular formula is C30H25NO5. The van der Waals surface area contributed by atoms with E-state index in [4.69, 9.17) is 4.74 Å². The largest absolute Gasteiger partial charge is 0.456 e. The van der Waals surface area contributed by atoms with Gasteiger partial charge in [-0.1, -0.05) is 60.7 Å². The number of imide groups is 1. The number of aryl methyl sites for hydroxylation is 2. The van der Waals surface area contributed by atoms with Crippen LogP contribution in [0.3, 0.4) is 0 Å². The van der Waals surface area contributed by atoms with Crippen molar-refractivity contribution in [3.05, 3.63) is 106 Å². The molecule has 2 bridgehead atoms. The van der Waals surface area contributed by atoms with Crippen molar-refractivity contribution < 1.29 is 23.9 Å². The molecule has 180 valence electrons. The van der Waals surface area contributed by atoms with Gasteiger partial charge in [0.05, 0.1) is 11.8 Å². The Hall–Kier alpha value is -4.06. The second kappa shape index (κ2) is 8.26. The lowest BCUT2D eigenvalue weighted by atomic mass is 9.55. The van der Waals surface area contributed by atoms with Crippen molar-refractivity contribution in [2.75, 3.05) is 13.2 Å². The number of rotatable bonds is 5. The maximum atomic E-state index is 13.6. The van der Waals surface area contributed by atoms with Crippen LogP contribution in [0.15, 0.2) is 66.7 Å². The third-order valence-corrected chi connectivity index (χ3v) is 8.02. The molecule has 0 saturated carbocycles. The quantitative estimate of drug-likeness (QED) is 0.315. The molecule has 4 aliphatic rings. The smallest absolute Gasteiger partial charge is 0.326 e. The average molecular weight is 480 g/mol. The van der Waals surface area contributed by atoms with Crippen LogP contribution in [0.25, 0.3) is 0 Å². The highest BCUT2D eigenvalue weighted by Crippen LogP contribution is 2.60. The van der Waals surface area contributed by atoms with E-state index in [0.717, 1.165) is 38.3 Å². The first-order valence-corrected chi connectivity index (χ1v) is 12.2. The summed E-state index contributed by atoms with van der Waals surface area (Å²) in [5, 5.41) is 0. The number of ketones is 1. The molecule has 6 heteroatoms. The van der Waals surface area contributed by atoms with E-state index in [2.05, 4.69) is 0 Å². The van der Waals surface area contributed by atoms with E-state index in [1.165, 1.54) is 0 Å². The van der Waals surface area contributed by atoms with Crippen LogP contribution in [0.4, 0.5) is 0 Å². The minimum absolute atomic E-state index is 0.226. The number of amides is 2. The number of ether oxygens (including phenoxy) is 1. The topological polar surface area (TPSA) is 80.8 Å². The Bertz CT molecular complexity index is 1340. The Kier molecular flexibility index (Phi) is 5.14. The van der Waals surface area contributed by atoms with Crippen LogP contribution in [-0.4, -0.2) is 41.6 Å². The first-order chi connectivity index (χ1) is 17.4. The summed E-state index contributed by atoms with van der Waals surface area (Å²) in [6.45, 7) is 2.93. The monoisotopic (exact) mass is 479 g/mol. The third kappa shape index (κ3) is 3.24. The number of nitrogens with zero attached hydrogens (tertiary/aromatic N) is 1. The molecular weight excluding hydrogens is 454 g/mol. The van der Waals surface area contributed by atoms with Gasteiger partial charge in [0.25, 0.3) is 0 Å². The Morgan fingerprint density at radius 3 is 1.72 bits per heavy atom. The Balaban J connectivity index is 1.22. The van der Waals surface area contributed by atoms with E-state index >= 15 is 0 Å². The normalized spacial score (nSPS) is 23.2. The van der Waals surface area contributed by atoms with Crippen molar-refractivity contribution in [3.63, 3.8) is 0 Å². The number of benzene rings is 3. The minimum Gasteiger partial charge on any atom is -0.456 e. The number of carbonyl (C=O) groups is 4. The lowest BCUT2D eigenvalue weighted by Crippen LogP contribution is -2.41. The van der Waals surface area contributed by atoms with E-state index in [1.54, 1.807) is 12.1 Å². The molecule has 2 amide bonds. The SMILES string of the molecule is Cc1ccc(C(=O)COC(=O)CN2C(=O)[C@H]3C4c5ccccc5C(c5ccccc54)[C@@H]3C2=O)cc1C. The van der Waals surface area contributed by atoms with Gasteiger partial charge in [-0.2, -0.15) is 0 Å². The Morgan fingerprint density at radius 2 is 1.25 bits per heavy atom. The number of carbonyl (C=O) groups excluding carboxylic acids is 4. The number of likely N-dealkylation sites (tertiary alicyclic amines) is 1. The van der Waals surface area contributed by atoms with Crippen LogP contribution in [0.5, 0.6) is 0 Å². The van der Waals surface area contributed by atoms with Crippen LogP contribution in [0, 0.1) is 25.7 Å². The highest BCUT2D eigenvalue weighted by atomic mass is 16.5. The lowest BCUT2D eigenvalue weighted by Gasteiger charge is -2.45. The second-order valence-corrected chi connectivity index (χ2v) is 9.91. The molecule has 3 aromatic carbocycles. The van der Waals surface area contributed by atoms with Crippen LogP contribution in [-0.2, 0) is 19.1 Å². The molecule has 0 aromatic heterocycles. The van der Waals surface area contributed by atoms with E-state index < -0.39 is 31.0 Å². The summed E-state index contributed by atoms with van der Waals surface area (Å²) >= 11 is 0. The summed E-state index contributed by atoms with van der Waals surface area (Å²) < 4.78 is 5.20. The van der Waals surface area contributed by atoms with E-state index in [1.807, 2.05) is 68.4 Å². The van der Waals surface area contributed by atoms with Crippen LogP contribution in [0.2, 0.25) is 0 Å². The van der Waals surface area contributed by atoms with Gasteiger partial charge in [0, 0.05) is 17.4 Å². The summed E-state index contributed by atoms with van der Waals surface area (Å²) in [5.74, 6) is -3.33. The van der Waals surface area contributed by atoms with Crippen molar-refractivity contribution >= 4 is 23.6 Å². The molecule has 36 heavy (non-hydrogen) atoms. The second-order valence-electron chi connectivity index (χ2n) is 9.91. The summed E-state index contributed by atoms with van der Waals surface area (Å²) in [7, 11) is 0. The van der Waals surface area contributed by atoms with Crippen molar-refractivity contribution in [2.45, 2.75) is 25.7 Å². The average Bonchev–Trinajstić information content (AvgIpc) is 3.14. The van der Waals surface area contributed by atoms with Gasteiger partial charge in [-0.15, -0.1) is 0 Å². The van der Waals surface area contributed by atoms with Gasteiger partial charge in [-0.05, 0) is 53.3 Å². The van der Waals surface area contributed by atoms with E-state index in [9.17, 15) is 19.2 Å². The van der Waals surface area contributed by atoms with Gasteiger partial charge in [-0.3, -0.25) is 24.1 Å². The molecule has 1 saturated heterocycles. The van der Waals surface area contributed by atoms with Gasteiger partial charge >= 0.3 is 5.97 Å². The maximum absolute atomic E-state index is 13.6. The number of Topliss-reactive ketones (excluding diaryl/α,β-unsaturated/α-hetero) is 1. The van der Waals surface area contributed by atoms with Gasteiger partial charge in [0.1, 0.15) is 6.54 Å². The molecule has 0 spiro atoms. The highest BCUT2D eigenvalue weighted by Gasteiger charge is 2.61. The number of hydrogen-bond donors (Lipinski definition) is 0. The third-order valence-electron chi connectivity index (χ3n) is 8.02. The first-order valence-electron chi connectivity index (χ1n) is 12.2. The van der Waals surface area contributed by atoms with Gasteiger partial charge < -0.3 is 4.74 Å².